The van der Waals surface area contributed by atoms with Gasteiger partial charge in [-0.15, -0.1) is 0 Å². The molecular formula is C14F28. The van der Waals surface area contributed by atoms with Crippen LogP contribution < -0.4 is 0 Å². The van der Waals surface area contributed by atoms with Crippen molar-refractivity contribution in [1.82, 2.24) is 0 Å². The largest absolute Gasteiger partial charge is 0.460 e. The zero-order chi connectivity index (χ0) is 35.2. The lowest BCUT2D eigenvalue weighted by Gasteiger charge is -2.43. The molecule has 0 aromatic heterocycles. The van der Waals surface area contributed by atoms with Gasteiger partial charge in [-0.25, -0.2) is 0 Å². The second-order valence-electron chi connectivity index (χ2n) is 7.34. The van der Waals surface area contributed by atoms with Gasteiger partial charge in [-0.2, -0.15) is 123 Å². The first-order valence-electron chi connectivity index (χ1n) is 8.54. The van der Waals surface area contributed by atoms with Crippen molar-refractivity contribution in [3.05, 3.63) is 11.1 Å². The van der Waals surface area contributed by atoms with E-state index in [1.54, 1.807) is 0 Å². The Kier molecular flexibility index (Phi) is 9.13. The minimum atomic E-state index is -9.75. The van der Waals surface area contributed by atoms with Gasteiger partial charge in [0.15, 0.2) is 0 Å². The molecular weight excluding hydrogens is 700 g/mol. The minimum absolute atomic E-state index is 6.35. The zero-order valence-corrected chi connectivity index (χ0v) is 17.6. The number of hydrogen-bond acceptors (Lipinski definition) is 0. The molecule has 0 atom stereocenters. The van der Waals surface area contributed by atoms with E-state index in [2.05, 4.69) is 0 Å². The highest BCUT2D eigenvalue weighted by molar-refractivity contribution is 5.38. The smallest absolute Gasteiger partial charge is 0.194 e. The number of halogens is 28. The topological polar surface area (TPSA) is 0 Å². The van der Waals surface area contributed by atoms with Crippen LogP contribution in [0, 0.1) is 0 Å². The van der Waals surface area contributed by atoms with E-state index >= 15 is 0 Å². The van der Waals surface area contributed by atoms with Crippen LogP contribution in [0.25, 0.3) is 0 Å². The normalized spacial score (nSPS) is 17.4. The lowest BCUT2D eigenvalue weighted by atomic mass is 9.84. The lowest BCUT2D eigenvalue weighted by molar-refractivity contribution is -0.460. The first kappa shape index (κ1) is 39.8. The third-order valence-corrected chi connectivity index (χ3v) is 4.52. The van der Waals surface area contributed by atoms with E-state index < -0.39 is 83.2 Å². The number of hydrogen-bond donors (Lipinski definition) is 0. The molecule has 0 aromatic carbocycles. The van der Waals surface area contributed by atoms with E-state index in [-0.39, 0.29) is 0 Å². The van der Waals surface area contributed by atoms with Gasteiger partial charge in [0.2, 0.25) is 0 Å². The SMILES string of the molecule is FC(F)(F)C(=C(C(F)(F)F)C(F)(F)C(F)(F)C(F)(F)C(F)(F)C(F)(F)C(F)(F)C(F)(F)C(F)(F)F)C(F)(F)C(F)(F)F. The summed E-state index contributed by atoms with van der Waals surface area (Å²) in [5, 5.41) is 0. The predicted molar refractivity (Wildman–Crippen MR) is 70.8 cm³/mol. The zero-order valence-electron chi connectivity index (χ0n) is 17.6. The van der Waals surface area contributed by atoms with Gasteiger partial charge in [0.1, 0.15) is 11.1 Å². The molecule has 0 aromatic rings. The van der Waals surface area contributed by atoms with E-state index in [0.29, 0.717) is 0 Å². The first-order chi connectivity index (χ1) is 17.5. The standard InChI is InChI=1S/C14F28/c15-3(16,1(5(19,20)21)2(6(22,23)24)4(17,18)13(37,38)39)7(25,26)8(27,28)9(29,30)10(31,32)11(33,34)12(35,36)14(40,41)42. The van der Waals surface area contributed by atoms with Crippen LogP contribution in [0.15, 0.2) is 11.1 Å². The highest BCUT2D eigenvalue weighted by Crippen LogP contribution is 2.66. The van der Waals surface area contributed by atoms with Crippen molar-refractivity contribution < 1.29 is 123 Å². The van der Waals surface area contributed by atoms with E-state index in [1.165, 1.54) is 0 Å². The molecule has 0 saturated carbocycles. The second-order valence-corrected chi connectivity index (χ2v) is 7.34. The Balaban J connectivity index is 8.05. The monoisotopic (exact) mass is 700 g/mol. The molecule has 0 radical (unpaired) electrons. The van der Waals surface area contributed by atoms with Crippen molar-refractivity contribution in [3.8, 4) is 0 Å². The molecule has 0 N–H and O–H groups in total. The fourth-order valence-electron chi connectivity index (χ4n) is 2.42. The highest BCUT2D eigenvalue weighted by Gasteiger charge is 2.96. The van der Waals surface area contributed by atoms with Gasteiger partial charge < -0.3 is 0 Å². The van der Waals surface area contributed by atoms with Crippen molar-refractivity contribution in [2.75, 3.05) is 0 Å². The van der Waals surface area contributed by atoms with E-state index in [0.717, 1.165) is 0 Å². The average molecular weight is 700 g/mol. The number of rotatable bonds is 8. The van der Waals surface area contributed by atoms with Gasteiger partial charge in [-0.3, -0.25) is 0 Å². The average Bonchev–Trinajstić information content (AvgIpc) is 2.66. The molecule has 0 nitrogen and oxygen atoms in total. The molecule has 0 aliphatic carbocycles. The molecule has 252 valence electrons. The van der Waals surface area contributed by atoms with Crippen molar-refractivity contribution in [2.45, 2.75) is 72.1 Å². The number of alkyl halides is 28. The van der Waals surface area contributed by atoms with Gasteiger partial charge in [-0.1, -0.05) is 0 Å². The summed E-state index contributed by atoms with van der Waals surface area (Å²) in [6.07, 6.45) is -33.5. The maximum atomic E-state index is 13.9. The summed E-state index contributed by atoms with van der Waals surface area (Å²) in [4.78, 5) is 0. The summed E-state index contributed by atoms with van der Waals surface area (Å²) in [6.45, 7) is 0. The van der Waals surface area contributed by atoms with E-state index in [4.69, 9.17) is 0 Å². The Labute approximate surface area is 207 Å². The van der Waals surface area contributed by atoms with Gasteiger partial charge in [-0.05, 0) is 0 Å². The van der Waals surface area contributed by atoms with Crippen LogP contribution in [0.1, 0.15) is 0 Å². The quantitative estimate of drug-likeness (QED) is 0.175. The molecule has 0 bridgehead atoms. The molecule has 0 rings (SSSR count). The van der Waals surface area contributed by atoms with E-state index in [9.17, 15) is 123 Å². The maximum absolute atomic E-state index is 13.9. The van der Waals surface area contributed by atoms with Crippen LogP contribution in [0.2, 0.25) is 0 Å². The van der Waals surface area contributed by atoms with Crippen LogP contribution in [0.4, 0.5) is 123 Å². The maximum Gasteiger partial charge on any atom is 0.460 e. The van der Waals surface area contributed by atoms with Crippen molar-refractivity contribution in [1.29, 1.82) is 0 Å². The lowest BCUT2D eigenvalue weighted by Crippen LogP contribution is -2.74. The van der Waals surface area contributed by atoms with Gasteiger partial charge in [0, 0.05) is 0 Å². The van der Waals surface area contributed by atoms with Gasteiger partial charge in [0.25, 0.3) is 0 Å². The predicted octanol–water partition coefficient (Wildman–Crippen LogP) is 9.61. The summed E-state index contributed by atoms with van der Waals surface area (Å²) in [6, 6.07) is 0. The van der Waals surface area contributed by atoms with Crippen molar-refractivity contribution in [3.63, 3.8) is 0 Å². The Bertz CT molecular complexity index is 1020. The van der Waals surface area contributed by atoms with Crippen LogP contribution >= 0.6 is 0 Å². The molecule has 0 spiro atoms. The molecule has 0 saturated heterocycles. The van der Waals surface area contributed by atoms with Crippen LogP contribution in [0.3, 0.4) is 0 Å². The summed E-state index contributed by atoms with van der Waals surface area (Å²) in [5.74, 6) is -74.6. The Morgan fingerprint density at radius 2 is 0.429 bits per heavy atom. The molecule has 0 aliphatic heterocycles. The third-order valence-electron chi connectivity index (χ3n) is 4.52. The Morgan fingerprint density at radius 1 is 0.214 bits per heavy atom. The molecule has 0 aliphatic rings. The molecule has 28 heteroatoms. The molecule has 0 heterocycles. The minimum Gasteiger partial charge on any atom is -0.194 e. The highest BCUT2D eigenvalue weighted by atomic mass is 19.4. The van der Waals surface area contributed by atoms with Gasteiger partial charge in [0.05, 0.1) is 0 Å². The van der Waals surface area contributed by atoms with Crippen LogP contribution in [-0.2, 0) is 0 Å². The van der Waals surface area contributed by atoms with Gasteiger partial charge >= 0.3 is 72.1 Å². The van der Waals surface area contributed by atoms with Crippen LogP contribution in [-0.4, -0.2) is 72.1 Å². The Hall–Kier alpha value is -2.22. The summed E-state index contributed by atoms with van der Waals surface area (Å²) >= 11 is 0. The van der Waals surface area contributed by atoms with Crippen molar-refractivity contribution >= 4 is 0 Å². The van der Waals surface area contributed by atoms with Crippen LogP contribution in [0.5, 0.6) is 0 Å². The fraction of sp³-hybridized carbons (Fsp3) is 0.857. The second kappa shape index (κ2) is 9.64. The summed E-state index contributed by atoms with van der Waals surface area (Å²) in [7, 11) is 0. The van der Waals surface area contributed by atoms with E-state index in [1.807, 2.05) is 0 Å². The third kappa shape index (κ3) is 5.35. The molecule has 0 unspecified atom stereocenters. The first-order valence-corrected chi connectivity index (χ1v) is 8.54. The molecule has 0 amide bonds. The number of allylic oxidation sites excluding steroid dienone is 2. The molecule has 42 heavy (non-hydrogen) atoms. The molecule has 0 fully saturated rings. The Morgan fingerprint density at radius 3 is 0.643 bits per heavy atom. The summed E-state index contributed by atoms with van der Waals surface area (Å²) in [5.41, 5.74) is -12.9. The summed E-state index contributed by atoms with van der Waals surface area (Å²) < 4.78 is 363. The van der Waals surface area contributed by atoms with Crippen molar-refractivity contribution in [2.24, 2.45) is 0 Å². The fourth-order valence-corrected chi connectivity index (χ4v) is 2.42.